The van der Waals surface area contributed by atoms with E-state index in [2.05, 4.69) is 4.99 Å². The van der Waals surface area contributed by atoms with E-state index in [-0.39, 0.29) is 12.1 Å². The lowest BCUT2D eigenvalue weighted by atomic mass is 10.0. The van der Waals surface area contributed by atoms with Crippen LogP contribution < -0.4 is 0 Å². The van der Waals surface area contributed by atoms with E-state index in [0.29, 0.717) is 0 Å². The molecule has 0 bridgehead atoms. The minimum atomic E-state index is -0.542. The Morgan fingerprint density at radius 3 is 1.86 bits per heavy atom. The van der Waals surface area contributed by atoms with Crippen molar-refractivity contribution in [2.75, 3.05) is 48.8 Å². The van der Waals surface area contributed by atoms with Gasteiger partial charge in [-0.2, -0.15) is 0 Å². The van der Waals surface area contributed by atoms with Crippen molar-refractivity contribution in [1.29, 1.82) is 0 Å². The van der Waals surface area contributed by atoms with Gasteiger partial charge in [0.05, 0.1) is 12.6 Å². The summed E-state index contributed by atoms with van der Waals surface area (Å²) in [5, 5.41) is 0. The molecule has 0 aromatic heterocycles. The van der Waals surface area contributed by atoms with Crippen molar-refractivity contribution < 1.29 is 8.78 Å². The first kappa shape index (κ1) is 17.4. The van der Waals surface area contributed by atoms with E-state index >= 15 is 0 Å². The number of hydrogen-bond acceptors (Lipinski definition) is 2. The summed E-state index contributed by atoms with van der Waals surface area (Å²) < 4.78 is 27.9. The molecule has 1 unspecified atom stereocenters. The molecule has 0 saturated heterocycles. The van der Waals surface area contributed by atoms with Crippen molar-refractivity contribution in [2.45, 2.75) is 6.04 Å². The molecular formula is C15H24F2N4. The highest BCUT2D eigenvalue weighted by Crippen LogP contribution is 2.24. The smallest absolute Gasteiger partial charge is 0.195 e. The second-order valence-electron chi connectivity index (χ2n) is 5.54. The molecule has 21 heavy (non-hydrogen) atoms. The molecule has 0 aliphatic rings. The normalized spacial score (nSPS) is 12.2. The Morgan fingerprint density at radius 2 is 1.48 bits per heavy atom. The molecule has 0 aliphatic carbocycles. The lowest BCUT2D eigenvalue weighted by Crippen LogP contribution is -2.36. The van der Waals surface area contributed by atoms with Gasteiger partial charge in [0.25, 0.3) is 0 Å². The lowest BCUT2D eigenvalue weighted by Gasteiger charge is -2.27. The molecule has 0 radical (unpaired) electrons. The zero-order valence-electron chi connectivity index (χ0n) is 13.6. The van der Waals surface area contributed by atoms with Crippen LogP contribution >= 0.6 is 0 Å². The van der Waals surface area contributed by atoms with Gasteiger partial charge < -0.3 is 14.7 Å². The summed E-state index contributed by atoms with van der Waals surface area (Å²) in [6.07, 6.45) is 0. The third-order valence-electron chi connectivity index (χ3n) is 3.16. The maximum atomic E-state index is 14.0. The third kappa shape index (κ3) is 4.39. The van der Waals surface area contributed by atoms with Crippen molar-refractivity contribution in [1.82, 2.24) is 14.7 Å². The standard InChI is InChI=1S/C15H24F2N4/c1-19(2)13(10-18-15(20(3)4)21(5)6)14-11(16)8-7-9-12(14)17/h7-9,13H,10H2,1-6H3. The van der Waals surface area contributed by atoms with Crippen LogP contribution in [0.3, 0.4) is 0 Å². The molecular weight excluding hydrogens is 274 g/mol. The fourth-order valence-electron chi connectivity index (χ4n) is 2.19. The Bertz CT molecular complexity index is 468. The summed E-state index contributed by atoms with van der Waals surface area (Å²) in [4.78, 5) is 10.00. The van der Waals surface area contributed by atoms with Gasteiger partial charge in [0.15, 0.2) is 5.96 Å². The number of likely N-dealkylation sites (N-methyl/N-ethyl adjacent to an activating group) is 1. The predicted octanol–water partition coefficient (Wildman–Crippen LogP) is 2.05. The van der Waals surface area contributed by atoms with Crippen LogP contribution in [-0.2, 0) is 0 Å². The minimum absolute atomic E-state index is 0.0584. The van der Waals surface area contributed by atoms with Gasteiger partial charge in [-0.25, -0.2) is 8.78 Å². The van der Waals surface area contributed by atoms with Crippen LogP contribution in [0.15, 0.2) is 23.2 Å². The maximum Gasteiger partial charge on any atom is 0.195 e. The predicted molar refractivity (Wildman–Crippen MR) is 82.5 cm³/mol. The number of nitrogens with zero attached hydrogens (tertiary/aromatic N) is 4. The quantitative estimate of drug-likeness (QED) is 0.627. The number of hydrogen-bond donors (Lipinski definition) is 0. The van der Waals surface area contributed by atoms with E-state index < -0.39 is 17.7 Å². The van der Waals surface area contributed by atoms with Crippen LogP contribution in [-0.4, -0.2) is 69.5 Å². The summed E-state index contributed by atoms with van der Waals surface area (Å²) >= 11 is 0. The van der Waals surface area contributed by atoms with Crippen LogP contribution in [0.5, 0.6) is 0 Å². The number of halogens is 2. The first-order valence-electron chi connectivity index (χ1n) is 6.75. The van der Waals surface area contributed by atoms with Gasteiger partial charge in [0.2, 0.25) is 0 Å². The van der Waals surface area contributed by atoms with E-state index in [1.165, 1.54) is 18.2 Å². The first-order chi connectivity index (χ1) is 9.75. The number of guanidine groups is 1. The summed E-state index contributed by atoms with van der Waals surface area (Å²) in [5.41, 5.74) is 0.0584. The van der Waals surface area contributed by atoms with Gasteiger partial charge in [0.1, 0.15) is 11.6 Å². The van der Waals surface area contributed by atoms with Gasteiger partial charge >= 0.3 is 0 Å². The second-order valence-corrected chi connectivity index (χ2v) is 5.54. The van der Waals surface area contributed by atoms with Crippen LogP contribution in [0, 0.1) is 11.6 Å². The fraction of sp³-hybridized carbons (Fsp3) is 0.533. The Morgan fingerprint density at radius 1 is 1.00 bits per heavy atom. The average molecular weight is 298 g/mol. The highest BCUT2D eigenvalue weighted by Gasteiger charge is 2.22. The van der Waals surface area contributed by atoms with Crippen LogP contribution in [0.4, 0.5) is 8.78 Å². The molecule has 0 saturated carbocycles. The van der Waals surface area contributed by atoms with Crippen LogP contribution in [0.25, 0.3) is 0 Å². The molecule has 0 fully saturated rings. The fourth-order valence-corrected chi connectivity index (χ4v) is 2.19. The molecule has 1 rings (SSSR count). The molecule has 1 aromatic rings. The Balaban J connectivity index is 3.12. The highest BCUT2D eigenvalue weighted by atomic mass is 19.1. The Kier molecular flexibility index (Phi) is 6.08. The molecule has 1 atom stereocenters. The summed E-state index contributed by atoms with van der Waals surface area (Å²) in [7, 11) is 11.1. The lowest BCUT2D eigenvalue weighted by molar-refractivity contribution is 0.288. The summed E-state index contributed by atoms with van der Waals surface area (Å²) in [6.45, 7) is 0.274. The molecule has 0 N–H and O–H groups in total. The zero-order chi connectivity index (χ0) is 16.2. The second kappa shape index (κ2) is 7.36. The Labute approximate surface area is 125 Å². The van der Waals surface area contributed by atoms with E-state index in [9.17, 15) is 8.78 Å². The molecule has 0 heterocycles. The van der Waals surface area contributed by atoms with E-state index in [1.807, 2.05) is 38.0 Å². The molecule has 0 amide bonds. The van der Waals surface area contributed by atoms with Crippen LogP contribution in [0.2, 0.25) is 0 Å². The summed E-state index contributed by atoms with van der Waals surface area (Å²) in [5.74, 6) is -0.334. The van der Waals surface area contributed by atoms with Gasteiger partial charge in [-0.15, -0.1) is 0 Å². The number of aliphatic imine (C=N–C) groups is 1. The molecule has 0 aliphatic heterocycles. The van der Waals surface area contributed by atoms with Gasteiger partial charge in [-0.3, -0.25) is 4.99 Å². The van der Waals surface area contributed by atoms with E-state index in [1.54, 1.807) is 19.0 Å². The van der Waals surface area contributed by atoms with Crippen LogP contribution in [0.1, 0.15) is 11.6 Å². The van der Waals surface area contributed by atoms with Gasteiger partial charge in [0, 0.05) is 33.8 Å². The van der Waals surface area contributed by atoms with E-state index in [4.69, 9.17) is 0 Å². The zero-order valence-corrected chi connectivity index (χ0v) is 13.6. The van der Waals surface area contributed by atoms with Crippen molar-refractivity contribution in [3.8, 4) is 0 Å². The Hall–Kier alpha value is -1.69. The molecule has 1 aromatic carbocycles. The first-order valence-corrected chi connectivity index (χ1v) is 6.75. The van der Waals surface area contributed by atoms with Crippen molar-refractivity contribution >= 4 is 5.96 Å². The minimum Gasteiger partial charge on any atom is -0.349 e. The van der Waals surface area contributed by atoms with Crippen molar-refractivity contribution in [3.63, 3.8) is 0 Å². The highest BCUT2D eigenvalue weighted by molar-refractivity contribution is 5.79. The third-order valence-corrected chi connectivity index (χ3v) is 3.16. The van der Waals surface area contributed by atoms with Gasteiger partial charge in [-0.05, 0) is 26.2 Å². The monoisotopic (exact) mass is 298 g/mol. The number of rotatable bonds is 4. The van der Waals surface area contributed by atoms with E-state index in [0.717, 1.165) is 5.96 Å². The topological polar surface area (TPSA) is 22.1 Å². The van der Waals surface area contributed by atoms with Gasteiger partial charge in [-0.1, -0.05) is 6.07 Å². The van der Waals surface area contributed by atoms with Crippen molar-refractivity contribution in [3.05, 3.63) is 35.4 Å². The summed E-state index contributed by atoms with van der Waals surface area (Å²) in [6, 6.07) is 3.46. The molecule has 0 spiro atoms. The molecule has 4 nitrogen and oxygen atoms in total. The molecule has 6 heteroatoms. The molecule has 118 valence electrons. The number of benzene rings is 1. The average Bonchev–Trinajstić information content (AvgIpc) is 2.35. The SMILES string of the molecule is CN(C)C(=NCC(c1c(F)cccc1F)N(C)C)N(C)C. The largest absolute Gasteiger partial charge is 0.349 e. The van der Waals surface area contributed by atoms with Crippen molar-refractivity contribution in [2.24, 2.45) is 4.99 Å². The maximum absolute atomic E-state index is 14.0.